The largest absolute Gasteiger partial charge is 0.496 e. The molecular formula is C22H27NO4. The molecule has 0 fully saturated rings. The van der Waals surface area contributed by atoms with Crippen LogP contribution >= 0.6 is 0 Å². The maximum Gasteiger partial charge on any atom is 0.223 e. The van der Waals surface area contributed by atoms with Crippen LogP contribution in [-0.4, -0.2) is 38.2 Å². The van der Waals surface area contributed by atoms with Gasteiger partial charge in [0.25, 0.3) is 0 Å². The fraction of sp³-hybridized carbons (Fsp3) is 0.409. The molecule has 1 unspecified atom stereocenters. The molecule has 5 nitrogen and oxygen atoms in total. The minimum Gasteiger partial charge on any atom is -0.496 e. The minimum absolute atomic E-state index is 0.153. The van der Waals surface area contributed by atoms with Crippen LogP contribution in [0, 0.1) is 0 Å². The predicted octanol–water partition coefficient (Wildman–Crippen LogP) is 3.62. The lowest BCUT2D eigenvalue weighted by atomic mass is 9.93. The van der Waals surface area contributed by atoms with Crippen molar-refractivity contribution in [3.05, 3.63) is 53.1 Å². The predicted molar refractivity (Wildman–Crippen MR) is 105 cm³/mol. The van der Waals surface area contributed by atoms with Crippen molar-refractivity contribution >= 4 is 5.91 Å². The molecule has 5 heteroatoms. The van der Waals surface area contributed by atoms with Gasteiger partial charge in [-0.15, -0.1) is 0 Å². The van der Waals surface area contributed by atoms with Crippen LogP contribution in [-0.2, 0) is 24.2 Å². The van der Waals surface area contributed by atoms with Crippen LogP contribution in [0.3, 0.4) is 0 Å². The van der Waals surface area contributed by atoms with Crippen LogP contribution in [0.5, 0.6) is 17.2 Å². The number of amides is 1. The smallest absolute Gasteiger partial charge is 0.223 e. The second kappa shape index (κ2) is 8.33. The van der Waals surface area contributed by atoms with Crippen molar-refractivity contribution in [2.24, 2.45) is 0 Å². The Balaban J connectivity index is 1.73. The highest BCUT2D eigenvalue weighted by atomic mass is 16.5. The Morgan fingerprint density at radius 1 is 1.00 bits per heavy atom. The topological polar surface area (TPSA) is 48.0 Å². The third-order valence-corrected chi connectivity index (χ3v) is 5.21. The molecule has 1 heterocycles. The van der Waals surface area contributed by atoms with Crippen molar-refractivity contribution < 1.29 is 19.0 Å². The molecule has 1 aliphatic rings. The first-order chi connectivity index (χ1) is 13.1. The summed E-state index contributed by atoms with van der Waals surface area (Å²) in [5.41, 5.74) is 3.40. The molecule has 1 aliphatic heterocycles. The van der Waals surface area contributed by atoms with Crippen LogP contribution < -0.4 is 14.2 Å². The highest BCUT2D eigenvalue weighted by molar-refractivity contribution is 5.77. The van der Waals surface area contributed by atoms with Crippen LogP contribution in [0.25, 0.3) is 0 Å². The minimum atomic E-state index is 0.153. The second-order valence-corrected chi connectivity index (χ2v) is 6.86. The van der Waals surface area contributed by atoms with E-state index in [1.807, 2.05) is 41.3 Å². The van der Waals surface area contributed by atoms with Crippen molar-refractivity contribution in [1.29, 1.82) is 0 Å². The molecule has 0 aliphatic carbocycles. The molecule has 0 N–H and O–H groups in total. The van der Waals surface area contributed by atoms with Gasteiger partial charge in [-0.2, -0.15) is 0 Å². The molecule has 0 saturated heterocycles. The van der Waals surface area contributed by atoms with E-state index in [1.54, 1.807) is 21.3 Å². The first kappa shape index (κ1) is 19.1. The first-order valence-electron chi connectivity index (χ1n) is 9.22. The molecule has 0 bridgehead atoms. The van der Waals surface area contributed by atoms with Gasteiger partial charge in [0, 0.05) is 19.0 Å². The van der Waals surface area contributed by atoms with Crippen molar-refractivity contribution in [2.75, 3.05) is 21.3 Å². The molecule has 0 spiro atoms. The third-order valence-electron chi connectivity index (χ3n) is 5.21. The average Bonchev–Trinajstić information content (AvgIpc) is 2.70. The summed E-state index contributed by atoms with van der Waals surface area (Å²) < 4.78 is 16.2. The Kier molecular flexibility index (Phi) is 5.89. The normalized spacial score (nSPS) is 15.9. The van der Waals surface area contributed by atoms with Gasteiger partial charge in [-0.05, 0) is 54.7 Å². The molecule has 144 valence electrons. The number of hydrogen-bond donors (Lipinski definition) is 0. The van der Waals surface area contributed by atoms with Gasteiger partial charge in [0.2, 0.25) is 5.91 Å². The molecule has 27 heavy (non-hydrogen) atoms. The fourth-order valence-corrected chi connectivity index (χ4v) is 3.70. The van der Waals surface area contributed by atoms with Gasteiger partial charge >= 0.3 is 0 Å². The molecule has 0 aromatic heterocycles. The van der Waals surface area contributed by atoms with Crippen LogP contribution in [0.1, 0.15) is 30.0 Å². The van der Waals surface area contributed by atoms with Crippen molar-refractivity contribution in [3.63, 3.8) is 0 Å². The number of ether oxygens (including phenoxy) is 3. The van der Waals surface area contributed by atoms with E-state index in [1.165, 1.54) is 5.56 Å². The third kappa shape index (κ3) is 4.02. The number of rotatable bonds is 6. The van der Waals surface area contributed by atoms with E-state index in [-0.39, 0.29) is 11.9 Å². The number of carbonyl (C=O) groups is 1. The number of fused-ring (bicyclic) bond motifs is 1. The number of methoxy groups -OCH3 is 3. The van der Waals surface area contributed by atoms with Gasteiger partial charge in [0.05, 0.1) is 21.3 Å². The van der Waals surface area contributed by atoms with Crippen molar-refractivity contribution in [2.45, 2.75) is 38.8 Å². The maximum absolute atomic E-state index is 12.9. The van der Waals surface area contributed by atoms with E-state index in [0.29, 0.717) is 25.1 Å². The Labute approximate surface area is 160 Å². The molecule has 2 aromatic rings. The van der Waals surface area contributed by atoms with Gasteiger partial charge in [0.1, 0.15) is 5.75 Å². The fourth-order valence-electron chi connectivity index (χ4n) is 3.70. The van der Waals surface area contributed by atoms with E-state index >= 15 is 0 Å². The summed E-state index contributed by atoms with van der Waals surface area (Å²) in [5, 5.41) is 0. The van der Waals surface area contributed by atoms with E-state index in [2.05, 4.69) is 6.92 Å². The Bertz CT molecular complexity index is 818. The monoisotopic (exact) mass is 369 g/mol. The standard InChI is InChI=1S/C22H27NO4/c1-15-11-17-12-20(26-3)21(27-4)13-18(17)14-23(15)22(24)10-9-16-7-5-6-8-19(16)25-2/h5-8,12-13,15H,9-11,14H2,1-4H3. The van der Waals surface area contributed by atoms with Gasteiger partial charge in [0.15, 0.2) is 11.5 Å². The summed E-state index contributed by atoms with van der Waals surface area (Å²) in [5.74, 6) is 2.43. The number of carbonyl (C=O) groups excluding carboxylic acids is 1. The van der Waals surface area contributed by atoms with Gasteiger partial charge in [-0.25, -0.2) is 0 Å². The zero-order valence-corrected chi connectivity index (χ0v) is 16.5. The molecule has 0 radical (unpaired) electrons. The number of benzene rings is 2. The average molecular weight is 369 g/mol. The maximum atomic E-state index is 12.9. The summed E-state index contributed by atoms with van der Waals surface area (Å²) in [6.07, 6.45) is 1.95. The zero-order valence-electron chi connectivity index (χ0n) is 16.5. The highest BCUT2D eigenvalue weighted by Crippen LogP contribution is 2.35. The number of aryl methyl sites for hydroxylation is 1. The Morgan fingerprint density at radius 3 is 2.30 bits per heavy atom. The number of nitrogens with zero attached hydrogens (tertiary/aromatic N) is 1. The van der Waals surface area contributed by atoms with Gasteiger partial charge in [-0.1, -0.05) is 18.2 Å². The summed E-state index contributed by atoms with van der Waals surface area (Å²) in [4.78, 5) is 14.9. The molecule has 3 rings (SSSR count). The van der Waals surface area contributed by atoms with Gasteiger partial charge < -0.3 is 19.1 Å². The first-order valence-corrected chi connectivity index (χ1v) is 9.22. The Morgan fingerprint density at radius 2 is 1.63 bits per heavy atom. The molecule has 1 atom stereocenters. The number of para-hydroxylation sites is 1. The summed E-state index contributed by atoms with van der Waals surface area (Å²) >= 11 is 0. The summed E-state index contributed by atoms with van der Waals surface area (Å²) in [7, 11) is 4.93. The van der Waals surface area contributed by atoms with E-state index in [9.17, 15) is 4.79 Å². The van der Waals surface area contributed by atoms with E-state index in [0.717, 1.165) is 29.0 Å². The lowest BCUT2D eigenvalue weighted by Gasteiger charge is -2.35. The SMILES string of the molecule is COc1ccccc1CCC(=O)N1Cc2cc(OC)c(OC)cc2CC1C. The lowest BCUT2D eigenvalue weighted by Crippen LogP contribution is -2.42. The quantitative estimate of drug-likeness (QED) is 0.780. The molecule has 1 amide bonds. The summed E-state index contributed by atoms with van der Waals surface area (Å²) in [6, 6.07) is 12.0. The van der Waals surface area contributed by atoms with E-state index in [4.69, 9.17) is 14.2 Å². The highest BCUT2D eigenvalue weighted by Gasteiger charge is 2.28. The zero-order chi connectivity index (χ0) is 19.4. The molecule has 0 saturated carbocycles. The molecular weight excluding hydrogens is 342 g/mol. The lowest BCUT2D eigenvalue weighted by molar-refractivity contribution is -0.134. The van der Waals surface area contributed by atoms with Crippen LogP contribution in [0.2, 0.25) is 0 Å². The summed E-state index contributed by atoms with van der Waals surface area (Å²) in [6.45, 7) is 2.70. The Hall–Kier alpha value is -2.69. The van der Waals surface area contributed by atoms with Gasteiger partial charge in [-0.3, -0.25) is 4.79 Å². The van der Waals surface area contributed by atoms with E-state index < -0.39 is 0 Å². The van der Waals surface area contributed by atoms with Crippen molar-refractivity contribution in [1.82, 2.24) is 4.90 Å². The number of hydrogen-bond acceptors (Lipinski definition) is 4. The van der Waals surface area contributed by atoms with Crippen molar-refractivity contribution in [3.8, 4) is 17.2 Å². The van der Waals surface area contributed by atoms with Crippen LogP contribution in [0.15, 0.2) is 36.4 Å². The molecule has 2 aromatic carbocycles. The van der Waals surface area contributed by atoms with Crippen LogP contribution in [0.4, 0.5) is 0 Å². The second-order valence-electron chi connectivity index (χ2n) is 6.86.